The van der Waals surface area contributed by atoms with Gasteiger partial charge in [0, 0.05) is 12.6 Å². The van der Waals surface area contributed by atoms with Crippen LogP contribution < -0.4 is 5.32 Å². The summed E-state index contributed by atoms with van der Waals surface area (Å²) in [7, 11) is 2.05. The largest absolute Gasteiger partial charge is 0.378 e. The summed E-state index contributed by atoms with van der Waals surface area (Å²) in [5, 5.41) is 3.41. The van der Waals surface area contributed by atoms with Gasteiger partial charge in [0.2, 0.25) is 0 Å². The van der Waals surface area contributed by atoms with E-state index in [9.17, 15) is 0 Å². The molecule has 94 valence electrons. The predicted octanol–water partition coefficient (Wildman–Crippen LogP) is 2.10. The normalized spacial score (nSPS) is 36.8. The Bertz CT molecular complexity index is 204. The molecule has 0 amide bonds. The van der Waals surface area contributed by atoms with Crippen molar-refractivity contribution in [3.8, 4) is 0 Å². The van der Waals surface area contributed by atoms with Crippen LogP contribution in [0.2, 0.25) is 0 Å². The highest BCUT2D eigenvalue weighted by Crippen LogP contribution is 2.25. The fourth-order valence-corrected chi connectivity index (χ4v) is 2.88. The Labute approximate surface area is 98.9 Å². The number of hydrogen-bond acceptors (Lipinski definition) is 3. The van der Waals surface area contributed by atoms with E-state index in [1.165, 1.54) is 38.5 Å². The van der Waals surface area contributed by atoms with E-state index in [1.807, 2.05) is 7.05 Å². The second-order valence-corrected chi connectivity index (χ2v) is 5.17. The highest BCUT2D eigenvalue weighted by molar-refractivity contribution is 4.83. The van der Waals surface area contributed by atoms with Gasteiger partial charge in [-0.05, 0) is 52.5 Å². The average Bonchev–Trinajstić information content (AvgIpc) is 2.91. The zero-order valence-electron chi connectivity index (χ0n) is 10.6. The van der Waals surface area contributed by atoms with Gasteiger partial charge in [0.05, 0.1) is 18.3 Å². The van der Waals surface area contributed by atoms with Gasteiger partial charge in [-0.1, -0.05) is 0 Å². The Morgan fingerprint density at radius 1 is 1.31 bits per heavy atom. The standard InChI is InChI=1S/C13H25NO2/c1-10-5-8-13(16-10)12(14-2)7-6-11-4-3-9-15-11/h10-14H,3-9H2,1-2H3. The molecule has 2 rings (SSSR count). The van der Waals surface area contributed by atoms with Crippen molar-refractivity contribution in [3.05, 3.63) is 0 Å². The van der Waals surface area contributed by atoms with Crippen molar-refractivity contribution in [3.63, 3.8) is 0 Å². The van der Waals surface area contributed by atoms with Gasteiger partial charge >= 0.3 is 0 Å². The number of rotatable bonds is 5. The molecule has 0 aliphatic carbocycles. The molecule has 0 spiro atoms. The van der Waals surface area contributed by atoms with Crippen LogP contribution in [-0.4, -0.2) is 38.0 Å². The van der Waals surface area contributed by atoms with Crippen LogP contribution in [0, 0.1) is 0 Å². The molecule has 3 nitrogen and oxygen atoms in total. The van der Waals surface area contributed by atoms with E-state index in [0.29, 0.717) is 24.4 Å². The van der Waals surface area contributed by atoms with Crippen LogP contribution >= 0.6 is 0 Å². The molecule has 16 heavy (non-hydrogen) atoms. The fraction of sp³-hybridized carbons (Fsp3) is 1.00. The fourth-order valence-electron chi connectivity index (χ4n) is 2.88. The van der Waals surface area contributed by atoms with Crippen LogP contribution in [0.1, 0.15) is 45.4 Å². The second-order valence-electron chi connectivity index (χ2n) is 5.17. The molecular formula is C13H25NO2. The van der Waals surface area contributed by atoms with E-state index in [-0.39, 0.29) is 0 Å². The van der Waals surface area contributed by atoms with Crippen molar-refractivity contribution in [2.75, 3.05) is 13.7 Å². The lowest BCUT2D eigenvalue weighted by molar-refractivity contribution is 0.0260. The molecule has 3 heteroatoms. The highest BCUT2D eigenvalue weighted by atomic mass is 16.5. The van der Waals surface area contributed by atoms with E-state index in [0.717, 1.165) is 6.61 Å². The number of hydrogen-bond donors (Lipinski definition) is 1. The number of nitrogens with one attached hydrogen (secondary N) is 1. The number of ether oxygens (including phenoxy) is 2. The van der Waals surface area contributed by atoms with Crippen LogP contribution in [-0.2, 0) is 9.47 Å². The van der Waals surface area contributed by atoms with Crippen LogP contribution in [0.15, 0.2) is 0 Å². The third-order valence-corrected chi connectivity index (χ3v) is 3.91. The maximum atomic E-state index is 5.93. The van der Waals surface area contributed by atoms with Gasteiger partial charge in [0.15, 0.2) is 0 Å². The van der Waals surface area contributed by atoms with E-state index >= 15 is 0 Å². The van der Waals surface area contributed by atoms with Crippen molar-refractivity contribution in [2.24, 2.45) is 0 Å². The lowest BCUT2D eigenvalue weighted by atomic mass is 10.00. The van der Waals surface area contributed by atoms with Crippen molar-refractivity contribution in [1.29, 1.82) is 0 Å². The number of likely N-dealkylation sites (N-methyl/N-ethyl adjacent to an activating group) is 1. The van der Waals surface area contributed by atoms with Crippen molar-refractivity contribution < 1.29 is 9.47 Å². The zero-order valence-corrected chi connectivity index (χ0v) is 10.6. The average molecular weight is 227 g/mol. The minimum Gasteiger partial charge on any atom is -0.378 e. The van der Waals surface area contributed by atoms with Crippen LogP contribution in [0.4, 0.5) is 0 Å². The van der Waals surface area contributed by atoms with Gasteiger partial charge in [0.1, 0.15) is 0 Å². The first-order chi connectivity index (χ1) is 7.79. The molecule has 2 heterocycles. The molecule has 0 aromatic heterocycles. The minimum atomic E-state index is 0.418. The van der Waals surface area contributed by atoms with Gasteiger partial charge in [-0.3, -0.25) is 0 Å². The molecule has 0 aromatic rings. The topological polar surface area (TPSA) is 30.5 Å². The molecule has 0 bridgehead atoms. The van der Waals surface area contributed by atoms with Crippen molar-refractivity contribution >= 4 is 0 Å². The van der Waals surface area contributed by atoms with Gasteiger partial charge in [-0.25, -0.2) is 0 Å². The highest BCUT2D eigenvalue weighted by Gasteiger charge is 2.29. The summed E-state index contributed by atoms with van der Waals surface area (Å²) in [6, 6.07) is 0.508. The summed E-state index contributed by atoms with van der Waals surface area (Å²) in [5.74, 6) is 0. The molecule has 1 N–H and O–H groups in total. The van der Waals surface area contributed by atoms with Gasteiger partial charge in [-0.2, -0.15) is 0 Å². The van der Waals surface area contributed by atoms with E-state index in [1.54, 1.807) is 0 Å². The van der Waals surface area contributed by atoms with Gasteiger partial charge in [0.25, 0.3) is 0 Å². The van der Waals surface area contributed by atoms with Crippen LogP contribution in [0.25, 0.3) is 0 Å². The molecule has 2 fully saturated rings. The predicted molar refractivity (Wildman–Crippen MR) is 64.6 cm³/mol. The molecule has 4 unspecified atom stereocenters. The second kappa shape index (κ2) is 5.99. The maximum Gasteiger partial charge on any atom is 0.0732 e. The van der Waals surface area contributed by atoms with E-state index < -0.39 is 0 Å². The minimum absolute atomic E-state index is 0.418. The Morgan fingerprint density at radius 3 is 2.75 bits per heavy atom. The quantitative estimate of drug-likeness (QED) is 0.780. The lowest BCUT2D eigenvalue weighted by Crippen LogP contribution is -2.38. The smallest absolute Gasteiger partial charge is 0.0732 e. The van der Waals surface area contributed by atoms with Crippen LogP contribution in [0.5, 0.6) is 0 Å². The zero-order chi connectivity index (χ0) is 11.4. The first-order valence-electron chi connectivity index (χ1n) is 6.74. The van der Waals surface area contributed by atoms with E-state index in [2.05, 4.69) is 12.2 Å². The first-order valence-corrected chi connectivity index (χ1v) is 6.74. The molecule has 2 aliphatic heterocycles. The monoisotopic (exact) mass is 227 g/mol. The first kappa shape index (κ1) is 12.3. The maximum absolute atomic E-state index is 5.93. The summed E-state index contributed by atoms with van der Waals surface area (Å²) in [6.45, 7) is 3.14. The molecule has 2 saturated heterocycles. The van der Waals surface area contributed by atoms with Gasteiger partial charge in [-0.15, -0.1) is 0 Å². The third kappa shape index (κ3) is 3.19. The van der Waals surface area contributed by atoms with Gasteiger partial charge < -0.3 is 14.8 Å². The lowest BCUT2D eigenvalue weighted by Gasteiger charge is -2.24. The Morgan fingerprint density at radius 2 is 2.19 bits per heavy atom. The third-order valence-electron chi connectivity index (χ3n) is 3.91. The summed E-state index contributed by atoms with van der Waals surface area (Å²) < 4.78 is 11.6. The molecule has 0 radical (unpaired) electrons. The molecular weight excluding hydrogens is 202 g/mol. The Kier molecular flexibility index (Phi) is 4.62. The summed E-state index contributed by atoms with van der Waals surface area (Å²) in [4.78, 5) is 0. The summed E-state index contributed by atoms with van der Waals surface area (Å²) in [5.41, 5.74) is 0. The van der Waals surface area contributed by atoms with Crippen LogP contribution in [0.3, 0.4) is 0 Å². The SMILES string of the molecule is CNC(CCC1CCCO1)C1CCC(C)O1. The van der Waals surface area contributed by atoms with E-state index in [4.69, 9.17) is 9.47 Å². The molecule has 0 saturated carbocycles. The van der Waals surface area contributed by atoms with Crippen molar-refractivity contribution in [2.45, 2.75) is 69.8 Å². The summed E-state index contributed by atoms with van der Waals surface area (Å²) >= 11 is 0. The Balaban J connectivity index is 1.72. The van der Waals surface area contributed by atoms with Crippen molar-refractivity contribution in [1.82, 2.24) is 5.32 Å². The molecule has 0 aromatic carbocycles. The molecule has 2 aliphatic rings. The summed E-state index contributed by atoms with van der Waals surface area (Å²) in [6.07, 6.45) is 8.64. The molecule has 4 atom stereocenters. The Hall–Kier alpha value is -0.120.